The topological polar surface area (TPSA) is 29.0 Å². The van der Waals surface area contributed by atoms with Gasteiger partial charge in [-0.15, -0.1) is 11.6 Å². The van der Waals surface area contributed by atoms with Crippen molar-refractivity contribution in [1.82, 2.24) is 9.97 Å². The number of anilines is 1. The Morgan fingerprint density at radius 2 is 2.00 bits per heavy atom. The number of hydrogen-bond donors (Lipinski definition) is 0. The quantitative estimate of drug-likeness (QED) is 0.703. The van der Waals surface area contributed by atoms with Gasteiger partial charge in [0.1, 0.15) is 12.1 Å². The monoisotopic (exact) mass is 211 g/mol. The SMILES string of the molecule is ClCc1cc(N2CCCCC2)ncn1. The highest BCUT2D eigenvalue weighted by atomic mass is 35.5. The Kier molecular flexibility index (Phi) is 3.19. The molecule has 76 valence electrons. The molecule has 1 aromatic rings. The lowest BCUT2D eigenvalue weighted by Crippen LogP contribution is -2.30. The van der Waals surface area contributed by atoms with Crippen molar-refractivity contribution < 1.29 is 0 Å². The number of alkyl halides is 1. The van der Waals surface area contributed by atoms with Gasteiger partial charge < -0.3 is 4.90 Å². The largest absolute Gasteiger partial charge is 0.357 e. The van der Waals surface area contributed by atoms with Crippen molar-refractivity contribution in [1.29, 1.82) is 0 Å². The smallest absolute Gasteiger partial charge is 0.132 e. The number of aromatic nitrogens is 2. The van der Waals surface area contributed by atoms with E-state index in [0.717, 1.165) is 24.6 Å². The first kappa shape index (κ1) is 9.71. The van der Waals surface area contributed by atoms with Gasteiger partial charge in [0.05, 0.1) is 11.6 Å². The first-order chi connectivity index (χ1) is 6.90. The summed E-state index contributed by atoms with van der Waals surface area (Å²) < 4.78 is 0. The van der Waals surface area contributed by atoms with Crippen molar-refractivity contribution in [2.24, 2.45) is 0 Å². The van der Waals surface area contributed by atoms with Crippen LogP contribution in [0.15, 0.2) is 12.4 Å². The van der Waals surface area contributed by atoms with Crippen LogP contribution in [0.5, 0.6) is 0 Å². The fourth-order valence-electron chi connectivity index (χ4n) is 1.75. The Hall–Kier alpha value is -0.830. The summed E-state index contributed by atoms with van der Waals surface area (Å²) in [6, 6.07) is 1.98. The molecule has 1 aromatic heterocycles. The lowest BCUT2D eigenvalue weighted by molar-refractivity contribution is 0.573. The molecule has 0 spiro atoms. The molecule has 0 aromatic carbocycles. The number of piperidine rings is 1. The Bertz CT molecular complexity index is 297. The molecule has 0 aliphatic carbocycles. The maximum absolute atomic E-state index is 5.73. The van der Waals surface area contributed by atoms with E-state index < -0.39 is 0 Å². The third kappa shape index (κ3) is 2.15. The molecule has 0 saturated carbocycles. The van der Waals surface area contributed by atoms with E-state index in [4.69, 9.17) is 11.6 Å². The van der Waals surface area contributed by atoms with Gasteiger partial charge in [-0.3, -0.25) is 0 Å². The molecule has 1 aliphatic rings. The molecule has 4 heteroatoms. The van der Waals surface area contributed by atoms with Crippen molar-refractivity contribution in [2.45, 2.75) is 25.1 Å². The van der Waals surface area contributed by atoms with Gasteiger partial charge in [-0.1, -0.05) is 0 Å². The molecule has 0 bridgehead atoms. The van der Waals surface area contributed by atoms with Crippen LogP contribution in [-0.2, 0) is 5.88 Å². The van der Waals surface area contributed by atoms with E-state index in [-0.39, 0.29) is 0 Å². The molecule has 1 saturated heterocycles. The van der Waals surface area contributed by atoms with Crippen LogP contribution in [0.25, 0.3) is 0 Å². The molecule has 0 radical (unpaired) electrons. The maximum Gasteiger partial charge on any atom is 0.132 e. The zero-order chi connectivity index (χ0) is 9.80. The molecule has 2 rings (SSSR count). The van der Waals surface area contributed by atoms with Gasteiger partial charge in [0, 0.05) is 19.2 Å². The summed E-state index contributed by atoms with van der Waals surface area (Å²) in [7, 11) is 0. The summed E-state index contributed by atoms with van der Waals surface area (Å²) >= 11 is 5.73. The molecule has 14 heavy (non-hydrogen) atoms. The Balaban J connectivity index is 2.13. The van der Waals surface area contributed by atoms with E-state index in [2.05, 4.69) is 14.9 Å². The van der Waals surface area contributed by atoms with Crippen molar-refractivity contribution >= 4 is 17.4 Å². The van der Waals surface area contributed by atoms with Gasteiger partial charge in [0.25, 0.3) is 0 Å². The fourth-order valence-corrected chi connectivity index (χ4v) is 1.90. The summed E-state index contributed by atoms with van der Waals surface area (Å²) in [6.45, 7) is 2.22. The molecular formula is C10H14ClN3. The molecule has 2 heterocycles. The number of nitrogens with zero attached hydrogens (tertiary/aromatic N) is 3. The van der Waals surface area contributed by atoms with E-state index in [1.165, 1.54) is 19.3 Å². The molecule has 3 nitrogen and oxygen atoms in total. The Labute approximate surface area is 89.1 Å². The summed E-state index contributed by atoms with van der Waals surface area (Å²) in [5.74, 6) is 1.49. The zero-order valence-corrected chi connectivity index (χ0v) is 8.87. The van der Waals surface area contributed by atoms with Crippen LogP contribution in [0, 0.1) is 0 Å². The van der Waals surface area contributed by atoms with Crippen LogP contribution in [0.2, 0.25) is 0 Å². The molecule has 1 aliphatic heterocycles. The second-order valence-electron chi connectivity index (χ2n) is 3.55. The van der Waals surface area contributed by atoms with E-state index >= 15 is 0 Å². The molecule has 0 unspecified atom stereocenters. The summed E-state index contributed by atoms with van der Waals surface area (Å²) in [6.07, 6.45) is 5.46. The van der Waals surface area contributed by atoms with Gasteiger partial charge in [0.15, 0.2) is 0 Å². The average Bonchev–Trinajstić information content (AvgIpc) is 2.30. The van der Waals surface area contributed by atoms with Crippen molar-refractivity contribution in [3.05, 3.63) is 18.1 Å². The summed E-state index contributed by atoms with van der Waals surface area (Å²) in [5.41, 5.74) is 0.905. The van der Waals surface area contributed by atoms with E-state index in [1.807, 2.05) is 6.07 Å². The number of hydrogen-bond acceptors (Lipinski definition) is 3. The molecule has 0 N–H and O–H groups in total. The van der Waals surface area contributed by atoms with E-state index in [1.54, 1.807) is 6.33 Å². The van der Waals surface area contributed by atoms with Crippen LogP contribution >= 0.6 is 11.6 Å². The highest BCUT2D eigenvalue weighted by molar-refractivity contribution is 6.16. The van der Waals surface area contributed by atoms with Crippen molar-refractivity contribution in [3.8, 4) is 0 Å². The highest BCUT2D eigenvalue weighted by Crippen LogP contribution is 2.17. The van der Waals surface area contributed by atoms with E-state index in [0.29, 0.717) is 5.88 Å². The fraction of sp³-hybridized carbons (Fsp3) is 0.600. The van der Waals surface area contributed by atoms with Crippen molar-refractivity contribution in [3.63, 3.8) is 0 Å². The van der Waals surface area contributed by atoms with Gasteiger partial charge in [-0.05, 0) is 19.3 Å². The van der Waals surface area contributed by atoms with Crippen LogP contribution in [0.1, 0.15) is 25.0 Å². The van der Waals surface area contributed by atoms with E-state index in [9.17, 15) is 0 Å². The Morgan fingerprint density at radius 1 is 1.21 bits per heavy atom. The highest BCUT2D eigenvalue weighted by Gasteiger charge is 2.12. The number of rotatable bonds is 2. The van der Waals surface area contributed by atoms with Gasteiger partial charge >= 0.3 is 0 Å². The van der Waals surface area contributed by atoms with Crippen LogP contribution in [0.4, 0.5) is 5.82 Å². The van der Waals surface area contributed by atoms with Crippen LogP contribution in [-0.4, -0.2) is 23.1 Å². The van der Waals surface area contributed by atoms with Crippen LogP contribution in [0.3, 0.4) is 0 Å². The first-order valence-electron chi connectivity index (χ1n) is 5.02. The molecule has 1 fully saturated rings. The minimum absolute atomic E-state index is 0.462. The lowest BCUT2D eigenvalue weighted by Gasteiger charge is -2.27. The van der Waals surface area contributed by atoms with Gasteiger partial charge in [-0.2, -0.15) is 0 Å². The van der Waals surface area contributed by atoms with Crippen LogP contribution < -0.4 is 4.90 Å². The zero-order valence-electron chi connectivity index (χ0n) is 8.12. The summed E-state index contributed by atoms with van der Waals surface area (Å²) in [5, 5.41) is 0. The molecule has 0 amide bonds. The second-order valence-corrected chi connectivity index (χ2v) is 3.82. The standard InChI is InChI=1S/C10H14ClN3/c11-7-9-6-10(13-8-12-9)14-4-2-1-3-5-14/h6,8H,1-5,7H2. The minimum atomic E-state index is 0.462. The average molecular weight is 212 g/mol. The lowest BCUT2D eigenvalue weighted by atomic mass is 10.1. The first-order valence-corrected chi connectivity index (χ1v) is 5.55. The second kappa shape index (κ2) is 4.60. The third-order valence-corrected chi connectivity index (χ3v) is 2.80. The maximum atomic E-state index is 5.73. The van der Waals surface area contributed by atoms with Gasteiger partial charge in [0.2, 0.25) is 0 Å². The minimum Gasteiger partial charge on any atom is -0.357 e. The van der Waals surface area contributed by atoms with Crippen molar-refractivity contribution in [2.75, 3.05) is 18.0 Å². The normalized spacial score (nSPS) is 17.1. The predicted octanol–water partition coefficient (Wildman–Crippen LogP) is 2.21. The van der Waals surface area contributed by atoms with Gasteiger partial charge in [-0.25, -0.2) is 9.97 Å². The predicted molar refractivity (Wildman–Crippen MR) is 57.7 cm³/mol. The molecular weight excluding hydrogens is 198 g/mol. The Morgan fingerprint density at radius 3 is 2.71 bits per heavy atom. The number of halogens is 1. The third-order valence-electron chi connectivity index (χ3n) is 2.53. The molecule has 0 atom stereocenters. The summed E-state index contributed by atoms with van der Waals surface area (Å²) in [4.78, 5) is 10.7.